The van der Waals surface area contributed by atoms with E-state index in [1.165, 1.54) is 30.3 Å². The van der Waals surface area contributed by atoms with Gasteiger partial charge >= 0.3 is 0 Å². The Morgan fingerprint density at radius 1 is 1.17 bits per heavy atom. The molecule has 0 aromatic heterocycles. The van der Waals surface area contributed by atoms with Gasteiger partial charge in [0, 0.05) is 12.5 Å². The van der Waals surface area contributed by atoms with Crippen LogP contribution in [0.25, 0.3) is 0 Å². The van der Waals surface area contributed by atoms with Crippen molar-refractivity contribution in [3.05, 3.63) is 71.3 Å². The Morgan fingerprint density at radius 2 is 1.87 bits per heavy atom. The molecule has 1 fully saturated rings. The molecule has 3 atom stereocenters. The summed E-state index contributed by atoms with van der Waals surface area (Å²) in [6, 6.07) is 11.9. The van der Waals surface area contributed by atoms with Crippen LogP contribution in [0.5, 0.6) is 0 Å². The molecule has 2 aromatic carbocycles. The average Bonchev–Trinajstić information content (AvgIpc) is 3.34. The van der Waals surface area contributed by atoms with Crippen molar-refractivity contribution in [3.63, 3.8) is 0 Å². The highest BCUT2D eigenvalue weighted by Gasteiger charge is 2.45. The molecule has 1 saturated carbocycles. The summed E-state index contributed by atoms with van der Waals surface area (Å²) in [7, 11) is 0. The Morgan fingerprint density at radius 3 is 2.57 bits per heavy atom. The molecule has 1 aliphatic carbocycles. The Bertz CT molecular complexity index is 702. The van der Waals surface area contributed by atoms with Gasteiger partial charge in [0.05, 0.1) is 6.10 Å². The molecule has 120 valence electrons. The molecule has 2 N–H and O–H groups in total. The number of carbonyl (C=O) groups is 1. The molecule has 1 aliphatic rings. The normalized spacial score (nSPS) is 20.8. The van der Waals surface area contributed by atoms with Crippen molar-refractivity contribution in [2.45, 2.75) is 18.4 Å². The van der Waals surface area contributed by atoms with E-state index < -0.39 is 6.10 Å². The maximum atomic E-state index is 13.7. The largest absolute Gasteiger partial charge is 0.387 e. The van der Waals surface area contributed by atoms with Crippen LogP contribution in [-0.2, 0) is 4.79 Å². The number of nitrogens with one attached hydrogen (secondary N) is 1. The standard InChI is InChI=1S/C18H17F2NO2/c19-12-7-5-11(6-8-12)17(22)10-21-18(23)15-9-14(15)13-3-1-2-4-16(13)20/h1-8,14-15,17,22H,9-10H2,(H,21,23). The van der Waals surface area contributed by atoms with E-state index >= 15 is 0 Å². The number of hydrogen-bond donors (Lipinski definition) is 2. The van der Waals surface area contributed by atoms with Crippen LogP contribution in [-0.4, -0.2) is 17.6 Å². The molecular formula is C18H17F2NO2. The third-order valence-corrected chi connectivity index (χ3v) is 4.16. The number of carbonyl (C=O) groups excluding carboxylic acids is 1. The number of aliphatic hydroxyl groups excluding tert-OH is 1. The van der Waals surface area contributed by atoms with Gasteiger partial charge in [-0.1, -0.05) is 30.3 Å². The first-order chi connectivity index (χ1) is 11.1. The lowest BCUT2D eigenvalue weighted by Crippen LogP contribution is -2.30. The smallest absolute Gasteiger partial charge is 0.223 e. The fraction of sp³-hybridized carbons (Fsp3) is 0.278. The van der Waals surface area contributed by atoms with Crippen molar-refractivity contribution in [1.29, 1.82) is 0 Å². The highest BCUT2D eigenvalue weighted by Crippen LogP contribution is 2.48. The number of hydrogen-bond acceptors (Lipinski definition) is 2. The Balaban J connectivity index is 1.53. The van der Waals surface area contributed by atoms with E-state index in [1.54, 1.807) is 18.2 Å². The summed E-state index contributed by atoms with van der Waals surface area (Å²) in [6.07, 6.45) is -0.287. The molecule has 1 amide bonds. The molecule has 23 heavy (non-hydrogen) atoms. The molecule has 3 unspecified atom stereocenters. The van der Waals surface area contributed by atoms with Gasteiger partial charge in [0.2, 0.25) is 5.91 Å². The Kier molecular flexibility index (Phi) is 4.39. The molecular weight excluding hydrogens is 300 g/mol. The van der Waals surface area contributed by atoms with Crippen molar-refractivity contribution in [3.8, 4) is 0 Å². The first-order valence-corrected chi connectivity index (χ1v) is 7.52. The first-order valence-electron chi connectivity index (χ1n) is 7.52. The van der Waals surface area contributed by atoms with Gasteiger partial charge in [-0.05, 0) is 41.7 Å². The van der Waals surface area contributed by atoms with E-state index in [0.29, 0.717) is 17.5 Å². The summed E-state index contributed by atoms with van der Waals surface area (Å²) in [5.41, 5.74) is 1.10. The summed E-state index contributed by atoms with van der Waals surface area (Å²) in [6.45, 7) is 0.0466. The molecule has 2 aromatic rings. The third-order valence-electron chi connectivity index (χ3n) is 4.16. The third kappa shape index (κ3) is 3.56. The van der Waals surface area contributed by atoms with Gasteiger partial charge in [0.25, 0.3) is 0 Å². The summed E-state index contributed by atoms with van der Waals surface area (Å²) in [5, 5.41) is 12.7. The molecule has 0 bridgehead atoms. The maximum absolute atomic E-state index is 13.7. The second-order valence-electron chi connectivity index (χ2n) is 5.78. The molecule has 0 spiro atoms. The molecule has 3 nitrogen and oxygen atoms in total. The van der Waals surface area contributed by atoms with Gasteiger partial charge in [-0.25, -0.2) is 8.78 Å². The number of aliphatic hydroxyl groups is 1. The summed E-state index contributed by atoms with van der Waals surface area (Å²) < 4.78 is 26.5. The van der Waals surface area contributed by atoms with Crippen molar-refractivity contribution in [1.82, 2.24) is 5.32 Å². The van der Waals surface area contributed by atoms with Crippen LogP contribution in [0, 0.1) is 17.6 Å². The van der Waals surface area contributed by atoms with E-state index in [1.807, 2.05) is 0 Å². The SMILES string of the molecule is O=C(NCC(O)c1ccc(F)cc1)C1CC1c1ccccc1F. The molecule has 0 aliphatic heterocycles. The second kappa shape index (κ2) is 6.46. The van der Waals surface area contributed by atoms with Crippen molar-refractivity contribution in [2.24, 2.45) is 5.92 Å². The highest BCUT2D eigenvalue weighted by atomic mass is 19.1. The van der Waals surface area contributed by atoms with Crippen LogP contribution in [0.4, 0.5) is 8.78 Å². The van der Waals surface area contributed by atoms with Crippen molar-refractivity contribution >= 4 is 5.91 Å². The molecule has 3 rings (SSSR count). The summed E-state index contributed by atoms with van der Waals surface area (Å²) in [4.78, 5) is 12.1. The lowest BCUT2D eigenvalue weighted by atomic mass is 10.1. The van der Waals surface area contributed by atoms with E-state index in [2.05, 4.69) is 5.32 Å². The Labute approximate surface area is 133 Å². The number of rotatable bonds is 5. The number of benzene rings is 2. The fourth-order valence-corrected chi connectivity index (χ4v) is 2.74. The van der Waals surface area contributed by atoms with Crippen LogP contribution in [0.2, 0.25) is 0 Å². The van der Waals surface area contributed by atoms with Gasteiger partial charge in [-0.2, -0.15) is 0 Å². The van der Waals surface area contributed by atoms with E-state index in [9.17, 15) is 18.7 Å². The van der Waals surface area contributed by atoms with E-state index in [0.717, 1.165) is 0 Å². The topological polar surface area (TPSA) is 49.3 Å². The molecule has 5 heteroatoms. The highest BCUT2D eigenvalue weighted by molar-refractivity contribution is 5.82. The average molecular weight is 317 g/mol. The minimum Gasteiger partial charge on any atom is -0.387 e. The van der Waals surface area contributed by atoms with Gasteiger partial charge < -0.3 is 10.4 Å². The minimum atomic E-state index is -0.898. The van der Waals surface area contributed by atoms with Crippen LogP contribution in [0.15, 0.2) is 48.5 Å². The second-order valence-corrected chi connectivity index (χ2v) is 5.78. The minimum absolute atomic E-state index is 0.0466. The zero-order valence-corrected chi connectivity index (χ0v) is 12.4. The Hall–Kier alpha value is -2.27. The number of halogens is 2. The fourth-order valence-electron chi connectivity index (χ4n) is 2.74. The van der Waals surface area contributed by atoms with Crippen LogP contribution < -0.4 is 5.32 Å². The van der Waals surface area contributed by atoms with Gasteiger partial charge in [0.15, 0.2) is 0 Å². The van der Waals surface area contributed by atoms with Crippen molar-refractivity contribution in [2.75, 3.05) is 6.54 Å². The van der Waals surface area contributed by atoms with Crippen LogP contribution in [0.3, 0.4) is 0 Å². The summed E-state index contributed by atoms with van der Waals surface area (Å²) in [5.74, 6) is -1.22. The predicted octanol–water partition coefficient (Wildman–Crippen LogP) is 2.92. The monoisotopic (exact) mass is 317 g/mol. The quantitative estimate of drug-likeness (QED) is 0.891. The van der Waals surface area contributed by atoms with Crippen LogP contribution in [0.1, 0.15) is 29.6 Å². The molecule has 0 saturated heterocycles. The van der Waals surface area contributed by atoms with Gasteiger partial charge in [0.1, 0.15) is 11.6 Å². The van der Waals surface area contributed by atoms with E-state index in [4.69, 9.17) is 0 Å². The van der Waals surface area contributed by atoms with Crippen LogP contribution >= 0.6 is 0 Å². The lowest BCUT2D eigenvalue weighted by Gasteiger charge is -2.12. The van der Waals surface area contributed by atoms with E-state index in [-0.39, 0.29) is 35.9 Å². The predicted molar refractivity (Wildman–Crippen MR) is 81.6 cm³/mol. The zero-order chi connectivity index (χ0) is 16.4. The zero-order valence-electron chi connectivity index (χ0n) is 12.4. The summed E-state index contributed by atoms with van der Waals surface area (Å²) >= 11 is 0. The van der Waals surface area contributed by atoms with Gasteiger partial charge in [-0.3, -0.25) is 4.79 Å². The lowest BCUT2D eigenvalue weighted by molar-refractivity contribution is -0.122. The van der Waals surface area contributed by atoms with Gasteiger partial charge in [-0.15, -0.1) is 0 Å². The van der Waals surface area contributed by atoms with Crippen molar-refractivity contribution < 1.29 is 18.7 Å². The number of amides is 1. The maximum Gasteiger partial charge on any atom is 0.223 e. The molecule has 0 heterocycles. The molecule has 0 radical (unpaired) electrons. The first kappa shape index (κ1) is 15.6.